The molecule has 0 radical (unpaired) electrons. The molecule has 1 unspecified atom stereocenters. The van der Waals surface area contributed by atoms with Gasteiger partial charge in [-0.05, 0) is 26.2 Å². The first kappa shape index (κ1) is 13.9. The van der Waals surface area contributed by atoms with E-state index >= 15 is 0 Å². The smallest absolute Gasteiger partial charge is 0.214 e. The van der Waals surface area contributed by atoms with Gasteiger partial charge < -0.3 is 5.11 Å². The Labute approximate surface area is 86.8 Å². The molecule has 0 heterocycles. The lowest BCUT2D eigenvalue weighted by Crippen LogP contribution is -2.36. The third-order valence-corrected chi connectivity index (χ3v) is 3.69. The van der Waals surface area contributed by atoms with Gasteiger partial charge in [0.2, 0.25) is 10.0 Å². The van der Waals surface area contributed by atoms with Crippen molar-refractivity contribution in [1.29, 1.82) is 0 Å². The van der Waals surface area contributed by atoms with E-state index in [1.165, 1.54) is 0 Å². The highest BCUT2D eigenvalue weighted by Crippen LogP contribution is 2.04. The average molecular weight is 223 g/mol. The maximum Gasteiger partial charge on any atom is 0.214 e. The Bertz CT molecular complexity index is 247. The molecule has 0 aliphatic carbocycles. The van der Waals surface area contributed by atoms with Gasteiger partial charge in [-0.3, -0.25) is 0 Å². The summed E-state index contributed by atoms with van der Waals surface area (Å²) in [5, 5.41) is 8.99. The van der Waals surface area contributed by atoms with Crippen molar-refractivity contribution in [3.8, 4) is 0 Å². The first-order chi connectivity index (χ1) is 6.25. The summed E-state index contributed by atoms with van der Waals surface area (Å²) in [6.07, 6.45) is 0.0178. The summed E-state index contributed by atoms with van der Waals surface area (Å²) in [4.78, 5) is 0. The Kier molecular flexibility index (Phi) is 5.63. The summed E-state index contributed by atoms with van der Waals surface area (Å²) >= 11 is 0. The lowest BCUT2D eigenvalue weighted by molar-refractivity contribution is 0.152. The van der Waals surface area contributed by atoms with E-state index in [1.54, 1.807) is 13.8 Å². The van der Waals surface area contributed by atoms with Crippen LogP contribution in [0.25, 0.3) is 0 Å². The predicted octanol–water partition coefficient (Wildman–Crippen LogP) is 0.721. The summed E-state index contributed by atoms with van der Waals surface area (Å²) in [6, 6.07) is 0. The van der Waals surface area contributed by atoms with Gasteiger partial charge in [-0.2, -0.15) is 0 Å². The lowest BCUT2D eigenvalue weighted by Gasteiger charge is -2.15. The number of hydrogen-bond acceptors (Lipinski definition) is 3. The normalized spacial score (nSPS) is 15.1. The molecule has 0 amide bonds. The zero-order valence-electron chi connectivity index (χ0n) is 9.32. The molecule has 0 saturated heterocycles. The zero-order chi connectivity index (χ0) is 11.4. The molecule has 0 bridgehead atoms. The van der Waals surface area contributed by atoms with Gasteiger partial charge in [-0.25, -0.2) is 13.1 Å². The van der Waals surface area contributed by atoms with Gasteiger partial charge in [0, 0.05) is 6.54 Å². The Morgan fingerprint density at radius 2 is 1.71 bits per heavy atom. The summed E-state index contributed by atoms with van der Waals surface area (Å²) in [6.45, 7) is 7.30. The average Bonchev–Trinajstić information content (AvgIpc) is 1.99. The predicted molar refractivity (Wildman–Crippen MR) is 57.5 cm³/mol. The van der Waals surface area contributed by atoms with Crippen LogP contribution in [0.15, 0.2) is 0 Å². The number of sulfonamides is 1. The highest BCUT2D eigenvalue weighted by atomic mass is 32.2. The second-order valence-corrected chi connectivity index (χ2v) is 6.55. The summed E-state index contributed by atoms with van der Waals surface area (Å²) in [7, 11) is -3.24. The number of hydrogen-bond donors (Lipinski definition) is 2. The standard InChI is InChI=1S/C9H21NO3S/c1-7(2)5-9(11)6-10-14(12,13)8(3)4/h7-11H,5-6H2,1-4H3. The molecule has 0 spiro atoms. The van der Waals surface area contributed by atoms with Gasteiger partial charge >= 0.3 is 0 Å². The van der Waals surface area contributed by atoms with Crippen LogP contribution < -0.4 is 4.72 Å². The molecule has 14 heavy (non-hydrogen) atoms. The summed E-state index contributed by atoms with van der Waals surface area (Å²) in [5.74, 6) is 0.369. The van der Waals surface area contributed by atoms with E-state index in [2.05, 4.69) is 4.72 Å². The maximum atomic E-state index is 11.3. The van der Waals surface area contributed by atoms with Gasteiger partial charge in [0.15, 0.2) is 0 Å². The largest absolute Gasteiger partial charge is 0.392 e. The SMILES string of the molecule is CC(C)CC(O)CNS(=O)(=O)C(C)C. The molecule has 0 aromatic rings. The molecule has 86 valence electrons. The van der Waals surface area contributed by atoms with Crippen LogP contribution in [0.1, 0.15) is 34.1 Å². The van der Waals surface area contributed by atoms with Crippen molar-refractivity contribution >= 4 is 10.0 Å². The van der Waals surface area contributed by atoms with Crippen molar-refractivity contribution in [3.05, 3.63) is 0 Å². The molecule has 5 heteroatoms. The van der Waals surface area contributed by atoms with Gasteiger partial charge in [0.05, 0.1) is 11.4 Å². The highest BCUT2D eigenvalue weighted by Gasteiger charge is 2.17. The van der Waals surface area contributed by atoms with Crippen LogP contribution in [-0.2, 0) is 10.0 Å². The minimum atomic E-state index is -3.24. The Balaban J connectivity index is 3.95. The Hall–Kier alpha value is -0.130. The van der Waals surface area contributed by atoms with E-state index in [9.17, 15) is 13.5 Å². The van der Waals surface area contributed by atoms with Crippen LogP contribution in [0, 0.1) is 5.92 Å². The molecule has 0 aliphatic heterocycles. The van der Waals surface area contributed by atoms with Crippen LogP contribution in [-0.4, -0.2) is 31.4 Å². The number of rotatable bonds is 6. The van der Waals surface area contributed by atoms with Gasteiger partial charge in [0.1, 0.15) is 0 Å². The molecule has 0 fully saturated rings. The monoisotopic (exact) mass is 223 g/mol. The minimum absolute atomic E-state index is 0.110. The second kappa shape index (κ2) is 5.68. The van der Waals surface area contributed by atoms with E-state index in [4.69, 9.17) is 0 Å². The molecule has 0 aromatic carbocycles. The fraction of sp³-hybridized carbons (Fsp3) is 1.00. The Morgan fingerprint density at radius 3 is 2.07 bits per heavy atom. The van der Waals surface area contributed by atoms with E-state index in [0.717, 1.165) is 0 Å². The number of aliphatic hydroxyl groups excluding tert-OH is 1. The van der Waals surface area contributed by atoms with Crippen molar-refractivity contribution in [2.45, 2.75) is 45.5 Å². The minimum Gasteiger partial charge on any atom is -0.392 e. The van der Waals surface area contributed by atoms with Crippen molar-refractivity contribution < 1.29 is 13.5 Å². The molecule has 2 N–H and O–H groups in total. The van der Waals surface area contributed by atoms with Crippen LogP contribution in [0.4, 0.5) is 0 Å². The van der Waals surface area contributed by atoms with Gasteiger partial charge in [-0.15, -0.1) is 0 Å². The lowest BCUT2D eigenvalue weighted by atomic mass is 10.1. The number of aliphatic hydroxyl groups is 1. The van der Waals surface area contributed by atoms with Crippen LogP contribution in [0.2, 0.25) is 0 Å². The van der Waals surface area contributed by atoms with E-state index in [1.807, 2.05) is 13.8 Å². The van der Waals surface area contributed by atoms with Crippen LogP contribution in [0.3, 0.4) is 0 Å². The van der Waals surface area contributed by atoms with Crippen molar-refractivity contribution in [2.24, 2.45) is 5.92 Å². The van der Waals surface area contributed by atoms with E-state index < -0.39 is 21.4 Å². The molecule has 0 saturated carbocycles. The third-order valence-electron chi connectivity index (χ3n) is 1.88. The van der Waals surface area contributed by atoms with Crippen molar-refractivity contribution in [3.63, 3.8) is 0 Å². The highest BCUT2D eigenvalue weighted by molar-refractivity contribution is 7.90. The first-order valence-corrected chi connectivity index (χ1v) is 6.47. The van der Waals surface area contributed by atoms with Crippen LogP contribution >= 0.6 is 0 Å². The molecule has 0 aliphatic rings. The topological polar surface area (TPSA) is 66.4 Å². The molecule has 4 nitrogen and oxygen atoms in total. The van der Waals surface area contributed by atoms with E-state index in [-0.39, 0.29) is 6.54 Å². The van der Waals surface area contributed by atoms with Crippen molar-refractivity contribution in [1.82, 2.24) is 4.72 Å². The molecule has 1 atom stereocenters. The van der Waals surface area contributed by atoms with Gasteiger partial charge in [-0.1, -0.05) is 13.8 Å². The molecular weight excluding hydrogens is 202 g/mol. The summed E-state index contributed by atoms with van der Waals surface area (Å²) < 4.78 is 25.0. The van der Waals surface area contributed by atoms with E-state index in [0.29, 0.717) is 12.3 Å². The fourth-order valence-electron chi connectivity index (χ4n) is 1.01. The third kappa shape index (κ3) is 5.57. The molecule has 0 aromatic heterocycles. The molecule has 0 rings (SSSR count). The zero-order valence-corrected chi connectivity index (χ0v) is 10.1. The first-order valence-electron chi connectivity index (χ1n) is 4.92. The fourth-order valence-corrected chi connectivity index (χ4v) is 1.76. The summed E-state index contributed by atoms with van der Waals surface area (Å²) in [5.41, 5.74) is 0. The van der Waals surface area contributed by atoms with Gasteiger partial charge in [0.25, 0.3) is 0 Å². The quantitative estimate of drug-likeness (QED) is 0.697. The van der Waals surface area contributed by atoms with Crippen molar-refractivity contribution in [2.75, 3.05) is 6.54 Å². The molecular formula is C9H21NO3S. The van der Waals surface area contributed by atoms with Crippen LogP contribution in [0.5, 0.6) is 0 Å². The maximum absolute atomic E-state index is 11.3. The Morgan fingerprint density at radius 1 is 1.21 bits per heavy atom. The number of nitrogens with one attached hydrogen (secondary N) is 1. The second-order valence-electron chi connectivity index (χ2n) is 4.23.